The minimum Gasteiger partial charge on any atom is -0.504 e. The molecule has 4 heteroatoms. The second kappa shape index (κ2) is 13.6. The lowest BCUT2D eigenvalue weighted by atomic mass is 9.98. The van der Waals surface area contributed by atoms with Crippen LogP contribution in [0.1, 0.15) is 84.6 Å². The summed E-state index contributed by atoms with van der Waals surface area (Å²) in [6.07, 6.45) is 14.3. The van der Waals surface area contributed by atoms with Gasteiger partial charge in [0.2, 0.25) is 0 Å². The third-order valence-corrected chi connectivity index (χ3v) is 5.82. The molecule has 0 radical (unpaired) electrons. The third-order valence-electron chi connectivity index (χ3n) is 5.82. The molecule has 0 spiro atoms. The van der Waals surface area contributed by atoms with E-state index in [4.69, 9.17) is 14.2 Å². The first-order valence-electron chi connectivity index (χ1n) is 11.9. The van der Waals surface area contributed by atoms with E-state index < -0.39 is 0 Å². The van der Waals surface area contributed by atoms with E-state index in [9.17, 15) is 5.11 Å². The van der Waals surface area contributed by atoms with Gasteiger partial charge in [-0.15, -0.1) is 0 Å². The Morgan fingerprint density at radius 1 is 1.13 bits per heavy atom. The van der Waals surface area contributed by atoms with E-state index >= 15 is 0 Å². The number of phenols is 1. The Morgan fingerprint density at radius 2 is 1.87 bits per heavy atom. The summed E-state index contributed by atoms with van der Waals surface area (Å²) in [5.74, 6) is 0.703. The van der Waals surface area contributed by atoms with Gasteiger partial charge in [0, 0.05) is 6.42 Å². The number of allylic oxidation sites excluding steroid dienone is 3. The molecule has 1 heterocycles. The number of benzene rings is 1. The highest BCUT2D eigenvalue weighted by Gasteiger charge is 2.28. The van der Waals surface area contributed by atoms with E-state index in [2.05, 4.69) is 39.8 Å². The summed E-state index contributed by atoms with van der Waals surface area (Å²) in [4.78, 5) is 0. The number of aryl methyl sites for hydroxylation is 1. The van der Waals surface area contributed by atoms with E-state index in [-0.39, 0.29) is 24.2 Å². The molecule has 1 saturated heterocycles. The highest BCUT2D eigenvalue weighted by atomic mass is 16.7. The lowest BCUT2D eigenvalue weighted by Crippen LogP contribution is -2.37. The molecule has 174 valence electrons. The number of hydrogen-bond acceptors (Lipinski definition) is 4. The Kier molecular flexibility index (Phi) is 11.2. The summed E-state index contributed by atoms with van der Waals surface area (Å²) in [7, 11) is 1.58. The van der Waals surface area contributed by atoms with Gasteiger partial charge >= 0.3 is 0 Å². The first kappa shape index (κ1) is 25.5. The third kappa shape index (κ3) is 9.49. The molecule has 4 nitrogen and oxygen atoms in total. The van der Waals surface area contributed by atoms with Gasteiger partial charge in [0.25, 0.3) is 0 Å². The van der Waals surface area contributed by atoms with Crippen LogP contribution in [-0.2, 0) is 15.9 Å². The van der Waals surface area contributed by atoms with Crippen molar-refractivity contribution in [3.63, 3.8) is 0 Å². The molecule has 1 aromatic rings. The van der Waals surface area contributed by atoms with Crippen molar-refractivity contribution in [2.24, 2.45) is 0 Å². The number of ether oxygens (including phenoxy) is 3. The van der Waals surface area contributed by atoms with Crippen molar-refractivity contribution in [1.29, 1.82) is 0 Å². The van der Waals surface area contributed by atoms with Crippen LogP contribution in [0.2, 0.25) is 0 Å². The van der Waals surface area contributed by atoms with Crippen molar-refractivity contribution in [2.45, 2.75) is 104 Å². The van der Waals surface area contributed by atoms with Gasteiger partial charge in [-0.1, -0.05) is 49.5 Å². The normalized spacial score (nSPS) is 21.7. The maximum absolute atomic E-state index is 9.82. The molecule has 1 aliphatic rings. The van der Waals surface area contributed by atoms with Crippen LogP contribution in [-0.4, -0.2) is 30.7 Å². The Balaban J connectivity index is 1.99. The molecule has 1 aliphatic heterocycles. The van der Waals surface area contributed by atoms with Gasteiger partial charge in [0.1, 0.15) is 0 Å². The van der Waals surface area contributed by atoms with E-state index in [1.807, 2.05) is 12.1 Å². The van der Waals surface area contributed by atoms with E-state index in [0.717, 1.165) is 44.1 Å². The van der Waals surface area contributed by atoms with Gasteiger partial charge in [-0.25, -0.2) is 0 Å². The standard InChI is InChI=1S/C27H42O4/c1-6-7-8-12-23-19-24(15-13-22-14-16-25(28)26(18-22)29-5)31-27(30-23)17-21(4)11-9-10-20(2)3/h10,14,16-18,23-24,27-28H,6-9,11-13,15,19H2,1-5H3/b21-17-. The van der Waals surface area contributed by atoms with Crippen LogP contribution in [0.5, 0.6) is 11.5 Å². The van der Waals surface area contributed by atoms with E-state index in [1.165, 1.54) is 30.4 Å². The Morgan fingerprint density at radius 3 is 2.55 bits per heavy atom. The largest absolute Gasteiger partial charge is 0.504 e. The molecule has 0 amide bonds. The van der Waals surface area contributed by atoms with Gasteiger partial charge in [-0.05, 0) is 76.6 Å². The van der Waals surface area contributed by atoms with Crippen LogP contribution < -0.4 is 4.74 Å². The number of rotatable bonds is 12. The van der Waals surface area contributed by atoms with E-state index in [1.54, 1.807) is 13.2 Å². The lowest BCUT2D eigenvalue weighted by Gasteiger charge is -2.35. The number of unbranched alkanes of at least 4 members (excludes halogenated alkanes) is 2. The minimum atomic E-state index is -0.258. The maximum Gasteiger partial charge on any atom is 0.177 e. The second-order valence-corrected chi connectivity index (χ2v) is 8.99. The summed E-state index contributed by atoms with van der Waals surface area (Å²) < 4.78 is 17.9. The first-order chi connectivity index (χ1) is 14.9. The fourth-order valence-electron chi connectivity index (χ4n) is 4.00. The molecule has 0 bridgehead atoms. The van der Waals surface area contributed by atoms with Crippen LogP contribution >= 0.6 is 0 Å². The van der Waals surface area contributed by atoms with Gasteiger partial charge in [0.05, 0.1) is 19.3 Å². The second-order valence-electron chi connectivity index (χ2n) is 8.99. The van der Waals surface area contributed by atoms with Crippen molar-refractivity contribution < 1.29 is 19.3 Å². The lowest BCUT2D eigenvalue weighted by molar-refractivity contribution is -0.222. The van der Waals surface area contributed by atoms with Crippen LogP contribution in [0, 0.1) is 0 Å². The molecule has 1 fully saturated rings. The van der Waals surface area contributed by atoms with Crippen LogP contribution in [0.4, 0.5) is 0 Å². The summed E-state index contributed by atoms with van der Waals surface area (Å²) in [6, 6.07) is 5.58. The fraction of sp³-hybridized carbons (Fsp3) is 0.630. The maximum atomic E-state index is 9.82. The van der Waals surface area contributed by atoms with Gasteiger partial charge in [-0.3, -0.25) is 0 Å². The monoisotopic (exact) mass is 430 g/mol. The van der Waals surface area contributed by atoms with Crippen molar-refractivity contribution in [3.05, 3.63) is 47.1 Å². The summed E-state index contributed by atoms with van der Waals surface area (Å²) in [5.41, 5.74) is 3.83. The summed E-state index contributed by atoms with van der Waals surface area (Å²) >= 11 is 0. The van der Waals surface area contributed by atoms with Crippen LogP contribution in [0.3, 0.4) is 0 Å². The predicted octanol–water partition coefficient (Wildman–Crippen LogP) is 7.11. The quantitative estimate of drug-likeness (QED) is 0.284. The molecule has 3 unspecified atom stereocenters. The average Bonchev–Trinajstić information content (AvgIpc) is 2.73. The van der Waals surface area contributed by atoms with Gasteiger partial charge < -0.3 is 19.3 Å². The van der Waals surface area contributed by atoms with Crippen LogP contribution in [0.15, 0.2) is 41.5 Å². The number of methoxy groups -OCH3 is 1. The van der Waals surface area contributed by atoms with Crippen molar-refractivity contribution in [3.8, 4) is 11.5 Å². The van der Waals surface area contributed by atoms with Crippen molar-refractivity contribution in [2.75, 3.05) is 7.11 Å². The Labute approximate surface area is 189 Å². The molecule has 31 heavy (non-hydrogen) atoms. The number of hydrogen-bond donors (Lipinski definition) is 1. The minimum absolute atomic E-state index is 0.173. The molecule has 0 aliphatic carbocycles. The fourth-order valence-corrected chi connectivity index (χ4v) is 4.00. The van der Waals surface area contributed by atoms with E-state index in [0.29, 0.717) is 5.75 Å². The van der Waals surface area contributed by atoms with Gasteiger partial charge in [-0.2, -0.15) is 0 Å². The topological polar surface area (TPSA) is 47.9 Å². The molecule has 0 saturated carbocycles. The molecule has 1 N–H and O–H groups in total. The molecule has 0 aromatic heterocycles. The molecular weight excluding hydrogens is 388 g/mol. The highest BCUT2D eigenvalue weighted by Crippen LogP contribution is 2.30. The highest BCUT2D eigenvalue weighted by molar-refractivity contribution is 5.41. The summed E-state index contributed by atoms with van der Waals surface area (Å²) in [5, 5.41) is 9.82. The summed E-state index contributed by atoms with van der Waals surface area (Å²) in [6.45, 7) is 8.69. The zero-order chi connectivity index (χ0) is 22.6. The first-order valence-corrected chi connectivity index (χ1v) is 11.9. The SMILES string of the molecule is CCCCCC1CC(CCc2ccc(O)c(OC)c2)OC(/C=C(/C)CCC=C(C)C)O1. The number of aromatic hydroxyl groups is 1. The molecule has 3 atom stereocenters. The predicted molar refractivity (Wildman–Crippen MR) is 128 cm³/mol. The zero-order valence-corrected chi connectivity index (χ0v) is 20.2. The average molecular weight is 431 g/mol. The van der Waals surface area contributed by atoms with Gasteiger partial charge in [0.15, 0.2) is 17.8 Å². The molecule has 2 rings (SSSR count). The Bertz CT molecular complexity index is 718. The van der Waals surface area contributed by atoms with Crippen molar-refractivity contribution in [1.82, 2.24) is 0 Å². The smallest absolute Gasteiger partial charge is 0.177 e. The number of phenolic OH excluding ortho intramolecular Hbond substituents is 1. The Hall–Kier alpha value is -1.78. The van der Waals surface area contributed by atoms with Crippen molar-refractivity contribution >= 4 is 0 Å². The molecule has 1 aromatic carbocycles. The zero-order valence-electron chi connectivity index (χ0n) is 20.2. The van der Waals surface area contributed by atoms with Crippen LogP contribution in [0.25, 0.3) is 0 Å². The molecular formula is C27H42O4.